The zero-order chi connectivity index (χ0) is 9.65. The smallest absolute Gasteiger partial charge is 0.402 e. The third-order valence-electron chi connectivity index (χ3n) is 1.06. The second kappa shape index (κ2) is 5.29. The fraction of sp³-hybridized carbons (Fsp3) is 0.833. The van der Waals surface area contributed by atoms with Gasteiger partial charge < -0.3 is 15.1 Å². The molecule has 0 rings (SSSR count). The van der Waals surface area contributed by atoms with Crippen LogP contribution in [0.3, 0.4) is 0 Å². The molecule has 0 aromatic carbocycles. The lowest BCUT2D eigenvalue weighted by Gasteiger charge is -2.11. The summed E-state index contributed by atoms with van der Waals surface area (Å²) in [6, 6.07) is 0. The Bertz CT molecular complexity index is 113. The number of hydrogen-bond acceptors (Lipinski definition) is 4. The number of ketones is 1. The summed E-state index contributed by atoms with van der Waals surface area (Å²) in [5, 5.41) is 21.5. The van der Waals surface area contributed by atoms with Crippen LogP contribution < -0.4 is 0 Å². The third kappa shape index (κ3) is 17.7. The molecule has 0 radical (unpaired) electrons. The van der Waals surface area contributed by atoms with Gasteiger partial charge in [0.25, 0.3) is 0 Å². The maximum absolute atomic E-state index is 10.5. The molecule has 0 aliphatic carbocycles. The van der Waals surface area contributed by atoms with Crippen molar-refractivity contribution in [3.05, 3.63) is 0 Å². The average molecular weight is 162 g/mol. The predicted octanol–water partition coefficient (Wildman–Crippen LogP) is -0.430. The summed E-state index contributed by atoms with van der Waals surface area (Å²) >= 11 is 0. The lowest BCUT2D eigenvalue weighted by atomic mass is 9.92. The quantitative estimate of drug-likeness (QED) is 0.422. The molecule has 0 spiro atoms. The van der Waals surface area contributed by atoms with Gasteiger partial charge in [0, 0.05) is 5.41 Å². The van der Waals surface area contributed by atoms with Gasteiger partial charge in [0.1, 0.15) is 5.78 Å². The molecule has 0 unspecified atom stereocenters. The average Bonchev–Trinajstić information content (AvgIpc) is 1.59. The van der Waals surface area contributed by atoms with E-state index < -0.39 is 7.32 Å². The van der Waals surface area contributed by atoms with Crippen molar-refractivity contribution in [2.45, 2.75) is 27.7 Å². The third-order valence-corrected chi connectivity index (χ3v) is 1.06. The largest absolute Gasteiger partial charge is 0.631 e. The summed E-state index contributed by atoms with van der Waals surface area (Å²) in [6.45, 7) is 7.35. The zero-order valence-electron chi connectivity index (χ0n) is 7.33. The van der Waals surface area contributed by atoms with E-state index in [-0.39, 0.29) is 11.2 Å². The van der Waals surface area contributed by atoms with Gasteiger partial charge in [-0.25, -0.2) is 0 Å². The number of carbonyl (C=O) groups excluding carboxylic acids is 1. The topological polar surface area (TPSA) is 77.8 Å². The van der Waals surface area contributed by atoms with Gasteiger partial charge in [-0.1, -0.05) is 20.8 Å². The lowest BCUT2D eigenvalue weighted by molar-refractivity contribution is -0.124. The van der Waals surface area contributed by atoms with E-state index in [0.717, 1.165) is 0 Å². The molecule has 0 fully saturated rings. The number of hydrogen-bond donors (Lipinski definition) is 3. The van der Waals surface area contributed by atoms with Crippen LogP contribution in [0.5, 0.6) is 0 Å². The first-order chi connectivity index (χ1) is 4.68. The molecule has 3 N–H and O–H groups in total. The molecule has 66 valence electrons. The van der Waals surface area contributed by atoms with Gasteiger partial charge in [0.05, 0.1) is 0 Å². The van der Waals surface area contributed by atoms with Crippen LogP contribution in [0.1, 0.15) is 27.7 Å². The molecule has 5 heteroatoms. The molecule has 0 heterocycles. The molecule has 0 aromatic heterocycles. The Labute approximate surface area is 67.0 Å². The highest BCUT2D eigenvalue weighted by molar-refractivity contribution is 6.30. The summed E-state index contributed by atoms with van der Waals surface area (Å²) in [5.74, 6) is 0.243. The van der Waals surface area contributed by atoms with Gasteiger partial charge in [-0.15, -0.1) is 0 Å². The molecular weight excluding hydrogens is 147 g/mol. The van der Waals surface area contributed by atoms with Gasteiger partial charge in [0.2, 0.25) is 0 Å². The van der Waals surface area contributed by atoms with E-state index in [0.29, 0.717) is 0 Å². The molecular formula is C6H15BO4. The first-order valence-electron chi connectivity index (χ1n) is 3.23. The zero-order valence-corrected chi connectivity index (χ0v) is 7.33. The molecule has 0 aromatic rings. The van der Waals surface area contributed by atoms with Gasteiger partial charge in [-0.05, 0) is 6.92 Å². The second-order valence-electron chi connectivity index (χ2n) is 3.15. The molecule has 0 aliphatic heterocycles. The van der Waals surface area contributed by atoms with Crippen LogP contribution in [0.4, 0.5) is 0 Å². The molecule has 4 nitrogen and oxygen atoms in total. The molecule has 11 heavy (non-hydrogen) atoms. The molecule has 0 amide bonds. The summed E-state index contributed by atoms with van der Waals surface area (Å²) in [6.07, 6.45) is 0. The maximum Gasteiger partial charge on any atom is 0.631 e. The summed E-state index contributed by atoms with van der Waals surface area (Å²) < 4.78 is 0. The highest BCUT2D eigenvalue weighted by Crippen LogP contribution is 2.12. The Hall–Kier alpha value is -0.385. The van der Waals surface area contributed by atoms with E-state index in [9.17, 15) is 4.79 Å². The van der Waals surface area contributed by atoms with E-state index in [1.807, 2.05) is 20.8 Å². The van der Waals surface area contributed by atoms with Crippen molar-refractivity contribution in [1.29, 1.82) is 0 Å². The van der Waals surface area contributed by atoms with Crippen molar-refractivity contribution >= 4 is 13.1 Å². The fourth-order valence-electron chi connectivity index (χ4n) is 0. The summed E-state index contributed by atoms with van der Waals surface area (Å²) in [4.78, 5) is 10.5. The second-order valence-corrected chi connectivity index (χ2v) is 3.15. The van der Waals surface area contributed by atoms with E-state index in [2.05, 4.69) is 0 Å². The first kappa shape index (κ1) is 13.2. The van der Waals surface area contributed by atoms with Crippen LogP contribution in [0.25, 0.3) is 0 Å². The van der Waals surface area contributed by atoms with Crippen LogP contribution in [0, 0.1) is 5.41 Å². The summed E-state index contributed by atoms with van der Waals surface area (Å²) in [5.41, 5.74) is -0.139. The van der Waals surface area contributed by atoms with Crippen molar-refractivity contribution in [2.24, 2.45) is 5.41 Å². The van der Waals surface area contributed by atoms with Crippen molar-refractivity contribution in [3.63, 3.8) is 0 Å². The minimum atomic E-state index is -2.17. The van der Waals surface area contributed by atoms with Crippen molar-refractivity contribution in [1.82, 2.24) is 0 Å². The van der Waals surface area contributed by atoms with Crippen LogP contribution in [0.2, 0.25) is 0 Å². The Morgan fingerprint density at radius 3 is 1.27 bits per heavy atom. The van der Waals surface area contributed by atoms with E-state index in [1.54, 1.807) is 6.92 Å². The van der Waals surface area contributed by atoms with E-state index in [4.69, 9.17) is 15.1 Å². The molecule has 0 aliphatic rings. The van der Waals surface area contributed by atoms with Crippen LogP contribution in [-0.2, 0) is 4.79 Å². The minimum absolute atomic E-state index is 0.139. The number of Topliss-reactive ketones (excluding diaryl/α,β-unsaturated/α-hetero) is 1. The maximum atomic E-state index is 10.5. The molecule has 0 saturated carbocycles. The van der Waals surface area contributed by atoms with Crippen molar-refractivity contribution in [3.8, 4) is 0 Å². The van der Waals surface area contributed by atoms with E-state index >= 15 is 0 Å². The van der Waals surface area contributed by atoms with Crippen LogP contribution >= 0.6 is 0 Å². The predicted molar refractivity (Wildman–Crippen MR) is 42.5 cm³/mol. The Morgan fingerprint density at radius 2 is 1.27 bits per heavy atom. The normalized spacial score (nSPS) is 9.73. The first-order valence-corrected chi connectivity index (χ1v) is 3.23. The molecule has 0 saturated heterocycles. The van der Waals surface area contributed by atoms with E-state index in [1.165, 1.54) is 0 Å². The highest BCUT2D eigenvalue weighted by atomic mass is 16.5. The van der Waals surface area contributed by atoms with Crippen LogP contribution in [0.15, 0.2) is 0 Å². The molecule has 0 bridgehead atoms. The highest BCUT2D eigenvalue weighted by Gasteiger charge is 2.14. The monoisotopic (exact) mass is 162 g/mol. The van der Waals surface area contributed by atoms with Gasteiger partial charge in [-0.3, -0.25) is 4.79 Å². The standard InChI is InChI=1S/C6H12O.BH3O3/c1-5(7)6(2,3)4;2-1(3)4/h1-4H3;2-4H. The van der Waals surface area contributed by atoms with Gasteiger partial charge in [0.15, 0.2) is 0 Å². The lowest BCUT2D eigenvalue weighted by Crippen LogP contribution is -2.15. The number of carbonyl (C=O) groups is 1. The SMILES string of the molecule is CC(=O)C(C)(C)C.OB(O)O. The Kier molecular flexibility index (Phi) is 6.36. The summed E-state index contributed by atoms with van der Waals surface area (Å²) in [7, 11) is -2.17. The van der Waals surface area contributed by atoms with Crippen molar-refractivity contribution < 1.29 is 19.9 Å². The number of rotatable bonds is 0. The Balaban J connectivity index is 0. The molecule has 0 atom stereocenters. The minimum Gasteiger partial charge on any atom is -0.402 e. The Morgan fingerprint density at radius 1 is 1.18 bits per heavy atom. The fourth-order valence-corrected chi connectivity index (χ4v) is 0. The van der Waals surface area contributed by atoms with Crippen LogP contribution in [-0.4, -0.2) is 28.2 Å². The van der Waals surface area contributed by atoms with Crippen molar-refractivity contribution in [2.75, 3.05) is 0 Å². The van der Waals surface area contributed by atoms with Gasteiger partial charge in [-0.2, -0.15) is 0 Å². The van der Waals surface area contributed by atoms with Gasteiger partial charge >= 0.3 is 7.32 Å².